The second-order valence-electron chi connectivity index (χ2n) is 17.4. The number of benzene rings is 2. The molecule has 2 saturated carbocycles. The van der Waals surface area contributed by atoms with E-state index in [1.54, 1.807) is 13.8 Å². The van der Waals surface area contributed by atoms with Crippen LogP contribution in [-0.2, 0) is 31.9 Å². The van der Waals surface area contributed by atoms with Crippen LogP contribution in [0.25, 0.3) is 11.1 Å². The lowest BCUT2D eigenvalue weighted by atomic mass is 9.68. The van der Waals surface area contributed by atoms with Crippen LogP contribution in [-0.4, -0.2) is 55.2 Å². The molecule has 0 radical (unpaired) electrons. The molecule has 0 aromatic heterocycles. The van der Waals surface area contributed by atoms with Crippen molar-refractivity contribution in [3.8, 4) is 16.9 Å². The van der Waals surface area contributed by atoms with Gasteiger partial charge in [0.1, 0.15) is 5.75 Å². The molecule has 0 unspecified atom stereocenters. The Kier molecular flexibility index (Phi) is 18.7. The SMILES string of the molecule is C=C(C)C(=O)OCCCc1cc(-c2ccc(C3CCC(C4CCC(CCCCC)CC4)CC3)cc2)cc(CCCOC(=O)C(=C)C)c1OCCC(C)(CO)CO. The van der Waals surface area contributed by atoms with Gasteiger partial charge in [0, 0.05) is 16.6 Å². The van der Waals surface area contributed by atoms with E-state index in [1.807, 2.05) is 6.92 Å². The fourth-order valence-corrected chi connectivity index (χ4v) is 8.69. The molecule has 2 fully saturated rings. The van der Waals surface area contributed by atoms with Gasteiger partial charge in [0.25, 0.3) is 0 Å². The van der Waals surface area contributed by atoms with E-state index in [1.165, 1.54) is 82.6 Å². The fourth-order valence-electron chi connectivity index (χ4n) is 8.69. The lowest BCUT2D eigenvalue weighted by Gasteiger charge is -2.38. The first-order valence-electron chi connectivity index (χ1n) is 21.7. The van der Waals surface area contributed by atoms with Crippen LogP contribution >= 0.6 is 0 Å². The molecule has 0 bridgehead atoms. The lowest BCUT2D eigenvalue weighted by Crippen LogP contribution is -2.28. The van der Waals surface area contributed by atoms with Crippen LogP contribution in [0.4, 0.5) is 0 Å². The summed E-state index contributed by atoms with van der Waals surface area (Å²) in [6.45, 7) is 15.3. The van der Waals surface area contributed by atoms with E-state index in [9.17, 15) is 19.8 Å². The fraction of sp³-hybridized carbons (Fsp3) is 0.633. The standard InChI is InChI=1S/C49H72O7/c1-7-8-9-12-37-15-17-38(18-16-37)39-19-21-40(22-20-39)41-23-25-42(26-24-41)45-31-43(13-10-28-55-47(52)35(2)3)46(54-30-27-49(6,33-50)34-51)44(32-45)14-11-29-56-48(53)36(4)5/h23-26,31-32,37-40,50-51H,2,4,7-22,27-30,33-34H2,1,3,5-6H3. The number of carbonyl (C=O) groups is 2. The topological polar surface area (TPSA) is 102 Å². The molecule has 56 heavy (non-hydrogen) atoms. The van der Waals surface area contributed by atoms with Crippen LogP contribution in [0, 0.1) is 23.2 Å². The smallest absolute Gasteiger partial charge is 0.333 e. The van der Waals surface area contributed by atoms with Crippen LogP contribution in [0.5, 0.6) is 5.75 Å². The van der Waals surface area contributed by atoms with Gasteiger partial charge in [0.2, 0.25) is 0 Å². The van der Waals surface area contributed by atoms with Crippen molar-refractivity contribution in [2.24, 2.45) is 23.2 Å². The molecule has 0 atom stereocenters. The van der Waals surface area contributed by atoms with E-state index in [4.69, 9.17) is 14.2 Å². The molecule has 2 aliphatic carbocycles. The second-order valence-corrected chi connectivity index (χ2v) is 17.4. The Morgan fingerprint density at radius 2 is 1.23 bits per heavy atom. The third-order valence-electron chi connectivity index (χ3n) is 12.6. The van der Waals surface area contributed by atoms with Gasteiger partial charge in [0.05, 0.1) is 33.0 Å². The van der Waals surface area contributed by atoms with Crippen LogP contribution < -0.4 is 4.74 Å². The predicted octanol–water partition coefficient (Wildman–Crippen LogP) is 10.9. The summed E-state index contributed by atoms with van der Waals surface area (Å²) in [5.74, 6) is 3.36. The predicted molar refractivity (Wildman–Crippen MR) is 227 cm³/mol. The molecular weight excluding hydrogens is 701 g/mol. The molecule has 2 aromatic rings. The maximum atomic E-state index is 12.1. The molecule has 310 valence electrons. The Labute approximate surface area is 338 Å². The van der Waals surface area contributed by atoms with Crippen LogP contribution in [0.15, 0.2) is 60.7 Å². The number of carbonyl (C=O) groups excluding carboxylic acids is 2. The number of aryl methyl sites for hydroxylation is 2. The second kappa shape index (κ2) is 23.1. The molecule has 2 N–H and O–H groups in total. The van der Waals surface area contributed by atoms with Gasteiger partial charge in [0.15, 0.2) is 0 Å². The summed E-state index contributed by atoms with van der Waals surface area (Å²) in [6.07, 6.45) is 19.5. The molecule has 7 nitrogen and oxygen atoms in total. The molecule has 7 heteroatoms. The van der Waals surface area contributed by atoms with Crippen molar-refractivity contribution in [2.45, 2.75) is 143 Å². The highest BCUT2D eigenvalue weighted by atomic mass is 16.5. The first-order valence-corrected chi connectivity index (χ1v) is 21.7. The highest BCUT2D eigenvalue weighted by molar-refractivity contribution is 5.87. The lowest BCUT2D eigenvalue weighted by molar-refractivity contribution is -0.139. The van der Waals surface area contributed by atoms with Gasteiger partial charge in [-0.2, -0.15) is 0 Å². The third kappa shape index (κ3) is 13.9. The Morgan fingerprint density at radius 1 is 0.714 bits per heavy atom. The van der Waals surface area contributed by atoms with Crippen LogP contribution in [0.3, 0.4) is 0 Å². The minimum Gasteiger partial charge on any atom is -0.493 e. The number of hydrogen-bond acceptors (Lipinski definition) is 7. The first kappa shape index (κ1) is 45.3. The van der Waals surface area contributed by atoms with Crippen LogP contribution in [0.2, 0.25) is 0 Å². The van der Waals surface area contributed by atoms with Gasteiger partial charge in [-0.15, -0.1) is 0 Å². The number of rotatable bonds is 23. The molecular formula is C49H72O7. The summed E-state index contributed by atoms with van der Waals surface area (Å²) >= 11 is 0. The summed E-state index contributed by atoms with van der Waals surface area (Å²) < 4.78 is 17.4. The zero-order valence-electron chi connectivity index (χ0n) is 35.2. The number of aliphatic hydroxyl groups excluding tert-OH is 2. The van der Waals surface area contributed by atoms with Crippen molar-refractivity contribution in [2.75, 3.05) is 33.0 Å². The van der Waals surface area contributed by atoms with E-state index < -0.39 is 17.4 Å². The number of aliphatic hydroxyl groups is 2. The number of hydrogen-bond donors (Lipinski definition) is 2. The Bertz CT molecular complexity index is 1480. The summed E-state index contributed by atoms with van der Waals surface area (Å²) in [5, 5.41) is 19.8. The first-order chi connectivity index (χ1) is 27.0. The maximum absolute atomic E-state index is 12.1. The quantitative estimate of drug-likeness (QED) is 0.0659. The summed E-state index contributed by atoms with van der Waals surface area (Å²) in [4.78, 5) is 24.2. The van der Waals surface area contributed by atoms with Crippen molar-refractivity contribution in [1.82, 2.24) is 0 Å². The van der Waals surface area contributed by atoms with E-state index >= 15 is 0 Å². The van der Waals surface area contributed by atoms with Gasteiger partial charge >= 0.3 is 11.9 Å². The van der Waals surface area contributed by atoms with Gasteiger partial charge < -0.3 is 24.4 Å². The Balaban J connectivity index is 1.49. The van der Waals surface area contributed by atoms with Gasteiger partial charge in [-0.05, 0) is 148 Å². The van der Waals surface area contributed by atoms with E-state index in [2.05, 4.69) is 56.5 Å². The monoisotopic (exact) mass is 773 g/mol. The van der Waals surface area contributed by atoms with Gasteiger partial charge in [-0.1, -0.05) is 89.8 Å². The zero-order valence-corrected chi connectivity index (χ0v) is 35.2. The molecule has 0 amide bonds. The maximum Gasteiger partial charge on any atom is 0.333 e. The highest BCUT2D eigenvalue weighted by Gasteiger charge is 2.31. The zero-order chi connectivity index (χ0) is 40.5. The Hall–Kier alpha value is -3.42. The minimum absolute atomic E-state index is 0.148. The van der Waals surface area contributed by atoms with E-state index in [0.29, 0.717) is 55.8 Å². The molecule has 4 rings (SSSR count). The normalized spacial score (nSPS) is 20.0. The molecule has 2 aromatic carbocycles. The van der Waals surface area contributed by atoms with E-state index in [0.717, 1.165) is 45.8 Å². The molecule has 0 aliphatic heterocycles. The van der Waals surface area contributed by atoms with Crippen molar-refractivity contribution >= 4 is 11.9 Å². The number of esters is 2. The van der Waals surface area contributed by atoms with Crippen molar-refractivity contribution in [1.29, 1.82) is 0 Å². The molecule has 0 saturated heterocycles. The van der Waals surface area contributed by atoms with Gasteiger partial charge in [-0.3, -0.25) is 0 Å². The van der Waals surface area contributed by atoms with Gasteiger partial charge in [-0.25, -0.2) is 9.59 Å². The average molecular weight is 773 g/mol. The largest absolute Gasteiger partial charge is 0.493 e. The third-order valence-corrected chi connectivity index (χ3v) is 12.6. The Morgan fingerprint density at radius 3 is 1.71 bits per heavy atom. The average Bonchev–Trinajstić information content (AvgIpc) is 3.21. The number of unbranched alkanes of at least 4 members (excludes halogenated alkanes) is 2. The van der Waals surface area contributed by atoms with Crippen molar-refractivity contribution in [3.63, 3.8) is 0 Å². The van der Waals surface area contributed by atoms with Crippen molar-refractivity contribution < 1.29 is 34.0 Å². The molecule has 0 heterocycles. The highest BCUT2D eigenvalue weighted by Crippen LogP contribution is 2.45. The van der Waals surface area contributed by atoms with Crippen LogP contribution in [0.1, 0.15) is 147 Å². The van der Waals surface area contributed by atoms with Crippen molar-refractivity contribution in [3.05, 3.63) is 77.4 Å². The number of ether oxygens (including phenoxy) is 3. The molecule has 2 aliphatic rings. The van der Waals surface area contributed by atoms with E-state index in [-0.39, 0.29) is 26.4 Å². The summed E-state index contributed by atoms with van der Waals surface area (Å²) in [7, 11) is 0. The minimum atomic E-state index is -0.665. The molecule has 0 spiro atoms. The summed E-state index contributed by atoms with van der Waals surface area (Å²) in [5.41, 5.74) is 5.70. The summed E-state index contributed by atoms with van der Waals surface area (Å²) in [6, 6.07) is 13.5.